The van der Waals surface area contributed by atoms with Gasteiger partial charge in [0.1, 0.15) is 11.9 Å². The third-order valence-electron chi connectivity index (χ3n) is 3.96. The first-order valence-corrected chi connectivity index (χ1v) is 7.96. The molecule has 1 aromatic carbocycles. The SMILES string of the molecule is CCCNC(CC)C(C)Oc1ccc2c(c1)CCC(=O)N2. The van der Waals surface area contributed by atoms with Crippen molar-refractivity contribution in [1.82, 2.24) is 5.32 Å². The van der Waals surface area contributed by atoms with Crippen LogP contribution in [0, 0.1) is 0 Å². The zero-order valence-corrected chi connectivity index (χ0v) is 13.2. The van der Waals surface area contributed by atoms with Crippen molar-refractivity contribution >= 4 is 11.6 Å². The molecule has 4 heteroatoms. The highest BCUT2D eigenvalue weighted by Crippen LogP contribution is 2.27. The van der Waals surface area contributed by atoms with Crippen LogP contribution in [-0.4, -0.2) is 24.6 Å². The fourth-order valence-electron chi connectivity index (χ4n) is 2.70. The fraction of sp³-hybridized carbons (Fsp3) is 0.588. The van der Waals surface area contributed by atoms with E-state index in [4.69, 9.17) is 4.74 Å². The molecule has 2 unspecified atom stereocenters. The van der Waals surface area contributed by atoms with Crippen LogP contribution in [0.3, 0.4) is 0 Å². The quantitative estimate of drug-likeness (QED) is 0.811. The number of carbonyl (C=O) groups is 1. The van der Waals surface area contributed by atoms with Crippen molar-refractivity contribution in [3.63, 3.8) is 0 Å². The summed E-state index contributed by atoms with van der Waals surface area (Å²) in [7, 11) is 0. The van der Waals surface area contributed by atoms with Gasteiger partial charge in [0, 0.05) is 18.2 Å². The summed E-state index contributed by atoms with van der Waals surface area (Å²) in [6.07, 6.45) is 3.64. The Morgan fingerprint density at radius 3 is 2.86 bits per heavy atom. The smallest absolute Gasteiger partial charge is 0.224 e. The van der Waals surface area contributed by atoms with Crippen molar-refractivity contribution in [3.8, 4) is 5.75 Å². The van der Waals surface area contributed by atoms with Gasteiger partial charge in [0.05, 0.1) is 0 Å². The summed E-state index contributed by atoms with van der Waals surface area (Å²) in [5.41, 5.74) is 2.08. The molecule has 21 heavy (non-hydrogen) atoms. The fourth-order valence-corrected chi connectivity index (χ4v) is 2.70. The lowest BCUT2D eigenvalue weighted by Crippen LogP contribution is -2.41. The molecule has 116 valence electrons. The number of hydrogen-bond acceptors (Lipinski definition) is 3. The highest BCUT2D eigenvalue weighted by molar-refractivity contribution is 5.93. The normalized spacial score (nSPS) is 16.8. The Bertz CT molecular complexity index is 488. The summed E-state index contributed by atoms with van der Waals surface area (Å²) in [5, 5.41) is 6.42. The number of fused-ring (bicyclic) bond motifs is 1. The molecule has 1 aliphatic rings. The van der Waals surface area contributed by atoms with Gasteiger partial charge in [-0.15, -0.1) is 0 Å². The summed E-state index contributed by atoms with van der Waals surface area (Å²) in [6, 6.07) is 6.29. The van der Waals surface area contributed by atoms with Crippen LogP contribution in [0.25, 0.3) is 0 Å². The van der Waals surface area contributed by atoms with E-state index in [-0.39, 0.29) is 12.0 Å². The van der Waals surface area contributed by atoms with Crippen molar-refractivity contribution in [2.24, 2.45) is 0 Å². The van der Waals surface area contributed by atoms with E-state index in [0.717, 1.165) is 42.8 Å². The van der Waals surface area contributed by atoms with Gasteiger partial charge in [-0.2, -0.15) is 0 Å². The first-order valence-electron chi connectivity index (χ1n) is 7.96. The summed E-state index contributed by atoms with van der Waals surface area (Å²) in [5.74, 6) is 0.980. The second kappa shape index (κ2) is 7.46. The first-order chi connectivity index (χ1) is 10.1. The van der Waals surface area contributed by atoms with Crippen LogP contribution in [0.5, 0.6) is 5.75 Å². The van der Waals surface area contributed by atoms with Crippen molar-refractivity contribution in [1.29, 1.82) is 0 Å². The van der Waals surface area contributed by atoms with Gasteiger partial charge < -0.3 is 15.4 Å². The Morgan fingerprint density at radius 2 is 2.14 bits per heavy atom. The predicted octanol–water partition coefficient (Wildman–Crippen LogP) is 3.12. The number of ether oxygens (including phenoxy) is 1. The van der Waals surface area contributed by atoms with Gasteiger partial charge in [0.15, 0.2) is 0 Å². The number of hydrogen-bond donors (Lipinski definition) is 2. The average Bonchev–Trinajstić information content (AvgIpc) is 2.48. The summed E-state index contributed by atoms with van der Waals surface area (Å²) in [4.78, 5) is 11.4. The van der Waals surface area contributed by atoms with Gasteiger partial charge in [-0.3, -0.25) is 4.79 Å². The standard InChI is InChI=1S/C17H26N2O2/c1-4-10-18-15(5-2)12(3)21-14-7-8-16-13(11-14)6-9-17(20)19-16/h7-8,11-12,15,18H,4-6,9-10H2,1-3H3,(H,19,20). The van der Waals surface area contributed by atoms with Crippen molar-refractivity contribution in [2.45, 2.75) is 58.6 Å². The molecule has 0 bridgehead atoms. The largest absolute Gasteiger partial charge is 0.489 e. The Labute approximate surface area is 127 Å². The Hall–Kier alpha value is -1.55. The summed E-state index contributed by atoms with van der Waals surface area (Å²) in [6.45, 7) is 7.47. The molecule has 0 radical (unpaired) electrons. The summed E-state index contributed by atoms with van der Waals surface area (Å²) >= 11 is 0. The van der Waals surface area contributed by atoms with E-state index in [1.807, 2.05) is 12.1 Å². The predicted molar refractivity (Wildman–Crippen MR) is 85.9 cm³/mol. The number of nitrogens with one attached hydrogen (secondary N) is 2. The number of anilines is 1. The van der Waals surface area contributed by atoms with Crippen LogP contribution in [0.4, 0.5) is 5.69 Å². The van der Waals surface area contributed by atoms with Crippen molar-refractivity contribution in [2.75, 3.05) is 11.9 Å². The minimum atomic E-state index is 0.0966. The molecule has 0 saturated carbocycles. The molecule has 0 aliphatic carbocycles. The van der Waals surface area contributed by atoms with Crippen LogP contribution >= 0.6 is 0 Å². The Kier molecular flexibility index (Phi) is 5.62. The second-order valence-electron chi connectivity index (χ2n) is 5.66. The van der Waals surface area contributed by atoms with Gasteiger partial charge in [0.25, 0.3) is 0 Å². The molecule has 1 aliphatic heterocycles. The first kappa shape index (κ1) is 15.8. The van der Waals surface area contributed by atoms with Crippen molar-refractivity contribution < 1.29 is 9.53 Å². The van der Waals surface area contributed by atoms with E-state index in [1.54, 1.807) is 0 Å². The van der Waals surface area contributed by atoms with Crippen LogP contribution in [0.15, 0.2) is 18.2 Å². The molecule has 2 atom stereocenters. The van der Waals surface area contributed by atoms with Gasteiger partial charge in [-0.05, 0) is 56.5 Å². The van der Waals surface area contributed by atoms with E-state index >= 15 is 0 Å². The number of benzene rings is 1. The monoisotopic (exact) mass is 290 g/mol. The maximum absolute atomic E-state index is 11.4. The van der Waals surface area contributed by atoms with Crippen LogP contribution in [0.1, 0.15) is 45.6 Å². The van der Waals surface area contributed by atoms with Crippen LogP contribution in [-0.2, 0) is 11.2 Å². The number of amides is 1. The zero-order chi connectivity index (χ0) is 15.2. The van der Waals surface area contributed by atoms with Gasteiger partial charge in [0.2, 0.25) is 5.91 Å². The molecule has 0 spiro atoms. The van der Waals surface area contributed by atoms with Gasteiger partial charge in [-0.1, -0.05) is 13.8 Å². The molecule has 1 amide bonds. The molecule has 0 fully saturated rings. The third-order valence-corrected chi connectivity index (χ3v) is 3.96. The maximum atomic E-state index is 11.4. The zero-order valence-electron chi connectivity index (χ0n) is 13.2. The lowest BCUT2D eigenvalue weighted by Gasteiger charge is -2.26. The molecule has 2 rings (SSSR count). The molecule has 1 heterocycles. The van der Waals surface area contributed by atoms with E-state index in [2.05, 4.69) is 37.5 Å². The van der Waals surface area contributed by atoms with Crippen LogP contribution in [0.2, 0.25) is 0 Å². The topological polar surface area (TPSA) is 50.4 Å². The van der Waals surface area contributed by atoms with Gasteiger partial charge >= 0.3 is 0 Å². The van der Waals surface area contributed by atoms with E-state index in [9.17, 15) is 4.79 Å². The second-order valence-corrected chi connectivity index (χ2v) is 5.66. The average molecular weight is 290 g/mol. The molecule has 2 N–H and O–H groups in total. The van der Waals surface area contributed by atoms with E-state index < -0.39 is 0 Å². The molecular weight excluding hydrogens is 264 g/mol. The maximum Gasteiger partial charge on any atom is 0.224 e. The Balaban J connectivity index is 2.00. The van der Waals surface area contributed by atoms with Crippen LogP contribution < -0.4 is 15.4 Å². The minimum absolute atomic E-state index is 0.0966. The number of rotatable bonds is 7. The highest BCUT2D eigenvalue weighted by Gasteiger charge is 2.18. The molecule has 1 aromatic rings. The molecule has 4 nitrogen and oxygen atoms in total. The number of aryl methyl sites for hydroxylation is 1. The van der Waals surface area contributed by atoms with E-state index in [0.29, 0.717) is 12.5 Å². The lowest BCUT2D eigenvalue weighted by atomic mass is 10.0. The lowest BCUT2D eigenvalue weighted by molar-refractivity contribution is -0.116. The Morgan fingerprint density at radius 1 is 1.33 bits per heavy atom. The van der Waals surface area contributed by atoms with Crippen molar-refractivity contribution in [3.05, 3.63) is 23.8 Å². The molecule has 0 saturated heterocycles. The molecule has 0 aromatic heterocycles. The minimum Gasteiger partial charge on any atom is -0.489 e. The third kappa shape index (κ3) is 4.21. The van der Waals surface area contributed by atoms with Gasteiger partial charge in [-0.25, -0.2) is 0 Å². The molecular formula is C17H26N2O2. The van der Waals surface area contributed by atoms with E-state index in [1.165, 1.54) is 0 Å². The number of carbonyl (C=O) groups excluding carboxylic acids is 1. The highest BCUT2D eigenvalue weighted by atomic mass is 16.5. The summed E-state index contributed by atoms with van der Waals surface area (Å²) < 4.78 is 6.08.